The summed E-state index contributed by atoms with van der Waals surface area (Å²) in [5, 5.41) is 9.35. The number of benzene rings is 1. The first-order chi connectivity index (χ1) is 10.8. The van der Waals surface area contributed by atoms with Gasteiger partial charge in [-0.2, -0.15) is 0 Å². The number of sulfone groups is 1. The molecule has 2 aliphatic rings. The summed E-state index contributed by atoms with van der Waals surface area (Å²) in [5.74, 6) is -1.13. The van der Waals surface area contributed by atoms with Gasteiger partial charge in [0.15, 0.2) is 9.84 Å². The number of aliphatic carboxylic acids is 1. The van der Waals surface area contributed by atoms with E-state index in [1.54, 1.807) is 4.90 Å². The summed E-state index contributed by atoms with van der Waals surface area (Å²) in [7, 11) is -3.30. The second-order valence-electron chi connectivity index (χ2n) is 6.45. The number of amides is 1. The van der Waals surface area contributed by atoms with Crippen molar-refractivity contribution in [1.29, 1.82) is 0 Å². The van der Waals surface area contributed by atoms with Gasteiger partial charge in [0.05, 0.1) is 10.8 Å². The van der Waals surface area contributed by atoms with Crippen LogP contribution in [0.25, 0.3) is 0 Å². The summed E-state index contributed by atoms with van der Waals surface area (Å²) in [4.78, 5) is 25.7. The molecular weight excluding hydrogens is 318 g/mol. The normalized spacial score (nSPS) is 24.7. The molecule has 1 aliphatic carbocycles. The van der Waals surface area contributed by atoms with Gasteiger partial charge >= 0.3 is 5.97 Å². The van der Waals surface area contributed by atoms with Crippen molar-refractivity contribution in [2.75, 3.05) is 19.3 Å². The monoisotopic (exact) mass is 337 g/mol. The molecule has 0 bridgehead atoms. The first-order valence-electron chi connectivity index (χ1n) is 7.59. The van der Waals surface area contributed by atoms with Crippen LogP contribution >= 0.6 is 0 Å². The Morgan fingerprint density at radius 2 is 1.74 bits per heavy atom. The summed E-state index contributed by atoms with van der Waals surface area (Å²) in [6.45, 7) is 0.692. The third kappa shape index (κ3) is 3.24. The number of hydrogen-bond donors (Lipinski definition) is 1. The Morgan fingerprint density at radius 3 is 2.22 bits per heavy atom. The van der Waals surface area contributed by atoms with Gasteiger partial charge in [0.2, 0.25) is 0 Å². The Balaban J connectivity index is 1.77. The van der Waals surface area contributed by atoms with Gasteiger partial charge in [-0.05, 0) is 48.9 Å². The molecule has 1 aromatic carbocycles. The van der Waals surface area contributed by atoms with E-state index in [4.69, 9.17) is 0 Å². The third-order valence-electron chi connectivity index (χ3n) is 4.73. The van der Waals surface area contributed by atoms with Crippen molar-refractivity contribution >= 4 is 21.7 Å². The van der Waals surface area contributed by atoms with Crippen LogP contribution in [0.3, 0.4) is 0 Å². The fourth-order valence-electron chi connectivity index (χ4n) is 3.29. The standard InChI is InChI=1S/C16H19NO5S/c1-23(21,22)12-6-4-11(5-7-12)15(18)17-8-13(10-2-3-10)14(9-17)16(19)20/h4-7,10,13-14H,2-3,8-9H2,1H3,(H,19,20)/t13-,14+/m1/s1. The van der Waals surface area contributed by atoms with Gasteiger partial charge < -0.3 is 10.0 Å². The van der Waals surface area contributed by atoms with Crippen LogP contribution in [-0.4, -0.2) is 49.6 Å². The van der Waals surface area contributed by atoms with Crippen LogP contribution in [0, 0.1) is 17.8 Å². The maximum Gasteiger partial charge on any atom is 0.308 e. The second kappa shape index (κ2) is 5.63. The van der Waals surface area contributed by atoms with Gasteiger partial charge in [-0.15, -0.1) is 0 Å². The lowest BCUT2D eigenvalue weighted by molar-refractivity contribution is -0.142. The zero-order valence-corrected chi connectivity index (χ0v) is 13.6. The van der Waals surface area contributed by atoms with Crippen LogP contribution < -0.4 is 0 Å². The number of nitrogens with zero attached hydrogens (tertiary/aromatic N) is 1. The number of carboxylic acid groups (broad SMARTS) is 1. The minimum absolute atomic E-state index is 0.0340. The molecule has 1 aliphatic heterocycles. The Bertz CT molecular complexity index is 736. The third-order valence-corrected chi connectivity index (χ3v) is 5.85. The molecule has 6 nitrogen and oxygen atoms in total. The van der Waals surface area contributed by atoms with Crippen LogP contribution in [0.4, 0.5) is 0 Å². The molecule has 1 saturated heterocycles. The van der Waals surface area contributed by atoms with E-state index in [2.05, 4.69) is 0 Å². The number of likely N-dealkylation sites (tertiary alicyclic amines) is 1. The molecule has 1 heterocycles. The van der Waals surface area contributed by atoms with Crippen LogP contribution in [0.2, 0.25) is 0 Å². The molecule has 1 aromatic rings. The van der Waals surface area contributed by atoms with Gasteiger partial charge in [-0.3, -0.25) is 9.59 Å². The number of hydrogen-bond acceptors (Lipinski definition) is 4. The van der Waals surface area contributed by atoms with E-state index in [0.29, 0.717) is 18.0 Å². The van der Waals surface area contributed by atoms with Crippen molar-refractivity contribution in [2.24, 2.45) is 17.8 Å². The molecule has 1 saturated carbocycles. The number of rotatable bonds is 4. The zero-order valence-electron chi connectivity index (χ0n) is 12.8. The highest BCUT2D eigenvalue weighted by molar-refractivity contribution is 7.90. The lowest BCUT2D eigenvalue weighted by Gasteiger charge is -2.16. The predicted molar refractivity (Wildman–Crippen MR) is 82.8 cm³/mol. The summed E-state index contributed by atoms with van der Waals surface area (Å²) in [6, 6.07) is 5.79. The highest BCUT2D eigenvalue weighted by Crippen LogP contribution is 2.44. The molecule has 124 valence electrons. The lowest BCUT2D eigenvalue weighted by atomic mass is 9.92. The van der Waals surface area contributed by atoms with Crippen LogP contribution in [0.15, 0.2) is 29.2 Å². The molecule has 0 spiro atoms. The van der Waals surface area contributed by atoms with Crippen molar-refractivity contribution in [3.05, 3.63) is 29.8 Å². The van der Waals surface area contributed by atoms with Crippen LogP contribution in [0.5, 0.6) is 0 Å². The molecule has 0 unspecified atom stereocenters. The van der Waals surface area contributed by atoms with Crippen molar-refractivity contribution < 1.29 is 23.1 Å². The molecule has 23 heavy (non-hydrogen) atoms. The fraction of sp³-hybridized carbons (Fsp3) is 0.500. The van der Waals surface area contributed by atoms with Gasteiger partial charge in [-0.1, -0.05) is 0 Å². The average Bonchev–Trinajstić information content (AvgIpc) is 3.24. The zero-order chi connectivity index (χ0) is 16.8. The van der Waals surface area contributed by atoms with E-state index in [9.17, 15) is 23.1 Å². The SMILES string of the molecule is CS(=O)(=O)c1ccc(C(=O)N2C[C@H](C(=O)O)[C@@H](C3CC3)C2)cc1. The minimum atomic E-state index is -3.30. The second-order valence-corrected chi connectivity index (χ2v) is 8.47. The quantitative estimate of drug-likeness (QED) is 0.893. The van der Waals surface area contributed by atoms with Crippen molar-refractivity contribution in [1.82, 2.24) is 4.90 Å². The molecule has 1 N–H and O–H groups in total. The van der Waals surface area contributed by atoms with Crippen molar-refractivity contribution in [3.63, 3.8) is 0 Å². The van der Waals surface area contributed by atoms with E-state index >= 15 is 0 Å². The smallest absolute Gasteiger partial charge is 0.308 e. The molecule has 7 heteroatoms. The Morgan fingerprint density at radius 1 is 1.13 bits per heavy atom. The number of carbonyl (C=O) groups is 2. The lowest BCUT2D eigenvalue weighted by Crippen LogP contribution is -2.29. The van der Waals surface area contributed by atoms with Crippen LogP contribution in [0.1, 0.15) is 23.2 Å². The van der Waals surface area contributed by atoms with Gasteiger partial charge in [0.1, 0.15) is 0 Å². The Kier molecular flexibility index (Phi) is 3.91. The molecular formula is C16H19NO5S. The van der Waals surface area contributed by atoms with Crippen molar-refractivity contribution in [3.8, 4) is 0 Å². The average molecular weight is 337 g/mol. The summed E-state index contributed by atoms with van der Waals surface area (Å²) in [6.07, 6.45) is 3.20. The highest BCUT2D eigenvalue weighted by atomic mass is 32.2. The first-order valence-corrected chi connectivity index (χ1v) is 9.48. The maximum absolute atomic E-state index is 12.5. The number of carboxylic acids is 1. The molecule has 3 rings (SSSR count). The van der Waals surface area contributed by atoms with Crippen molar-refractivity contribution in [2.45, 2.75) is 17.7 Å². The molecule has 0 radical (unpaired) electrons. The van der Waals surface area contributed by atoms with Gasteiger partial charge in [0, 0.05) is 24.9 Å². The summed E-state index contributed by atoms with van der Waals surface area (Å²) >= 11 is 0. The highest BCUT2D eigenvalue weighted by Gasteiger charge is 2.46. The molecule has 2 atom stereocenters. The van der Waals surface area contributed by atoms with Gasteiger partial charge in [0.25, 0.3) is 5.91 Å². The minimum Gasteiger partial charge on any atom is -0.481 e. The topological polar surface area (TPSA) is 91.8 Å². The molecule has 1 amide bonds. The van der Waals surface area contributed by atoms with E-state index in [1.807, 2.05) is 0 Å². The maximum atomic E-state index is 12.5. The van der Waals surface area contributed by atoms with E-state index in [0.717, 1.165) is 19.1 Å². The Labute approximate surface area is 135 Å². The predicted octanol–water partition coefficient (Wildman–Crippen LogP) is 1.27. The van der Waals surface area contributed by atoms with Crippen LogP contribution in [-0.2, 0) is 14.6 Å². The molecule has 2 fully saturated rings. The number of carbonyl (C=O) groups excluding carboxylic acids is 1. The van der Waals surface area contributed by atoms with E-state index < -0.39 is 21.7 Å². The van der Waals surface area contributed by atoms with Gasteiger partial charge in [-0.25, -0.2) is 8.42 Å². The molecule has 0 aromatic heterocycles. The summed E-state index contributed by atoms with van der Waals surface area (Å²) in [5.41, 5.74) is 0.387. The fourth-order valence-corrected chi connectivity index (χ4v) is 3.92. The van der Waals surface area contributed by atoms with E-state index in [-0.39, 0.29) is 23.3 Å². The van der Waals surface area contributed by atoms with E-state index in [1.165, 1.54) is 24.3 Å². The first kappa shape index (κ1) is 16.0. The Hall–Kier alpha value is -1.89. The largest absolute Gasteiger partial charge is 0.481 e. The summed E-state index contributed by atoms with van der Waals surface area (Å²) < 4.78 is 22.9.